The number of nitrogens with zero attached hydrogens (tertiary/aromatic N) is 3. The monoisotopic (exact) mass is 750 g/mol. The summed E-state index contributed by atoms with van der Waals surface area (Å²) < 4.78 is 12.2. The molecule has 2 unspecified atom stereocenters. The number of para-hydroxylation sites is 1. The molecule has 6 aliphatic rings. The molecule has 1 aromatic heterocycles. The van der Waals surface area contributed by atoms with Gasteiger partial charge in [0.1, 0.15) is 17.3 Å². The summed E-state index contributed by atoms with van der Waals surface area (Å²) in [5.74, 6) is 5.26. The third kappa shape index (κ3) is 4.63. The van der Waals surface area contributed by atoms with Crippen LogP contribution in [0.3, 0.4) is 0 Å². The number of benzene rings is 2. The Morgan fingerprint density at radius 3 is 2.64 bits per heavy atom. The summed E-state index contributed by atoms with van der Waals surface area (Å²) in [6.07, 6.45) is 7.90. The number of aliphatic hydroxyl groups is 2. The van der Waals surface area contributed by atoms with E-state index in [0.29, 0.717) is 44.5 Å². The molecule has 2 aromatic carbocycles. The summed E-state index contributed by atoms with van der Waals surface area (Å²) in [4.78, 5) is 39.6. The molecule has 1 saturated heterocycles. The first-order valence-electron chi connectivity index (χ1n) is 19.8. The molecule has 1 amide bonds. The minimum atomic E-state index is -2.27. The zero-order valence-corrected chi connectivity index (χ0v) is 32.5. The summed E-state index contributed by atoms with van der Waals surface area (Å²) in [5, 5.41) is 26.4. The number of carbonyl (C=O) groups excluding carboxylic acids is 2. The van der Waals surface area contributed by atoms with Crippen molar-refractivity contribution in [2.24, 2.45) is 17.2 Å². The highest BCUT2D eigenvalue weighted by Gasteiger charge is 2.78. The number of esters is 1. The molecular formula is C43H54N6O6. The maximum Gasteiger partial charge on any atom is 0.316 e. The van der Waals surface area contributed by atoms with Gasteiger partial charge in [0.2, 0.25) is 0 Å². The fourth-order valence-electron chi connectivity index (χ4n) is 12.7. The Hall–Kier alpha value is -4.20. The minimum Gasteiger partial charge on any atom is -0.496 e. The van der Waals surface area contributed by atoms with Crippen molar-refractivity contribution in [2.75, 3.05) is 52.3 Å². The van der Waals surface area contributed by atoms with E-state index in [2.05, 4.69) is 63.6 Å². The Balaban J connectivity index is 1.33. The summed E-state index contributed by atoms with van der Waals surface area (Å²) in [5.41, 5.74) is 4.00. The van der Waals surface area contributed by atoms with Crippen molar-refractivity contribution in [2.45, 2.75) is 87.1 Å². The van der Waals surface area contributed by atoms with E-state index < -0.39 is 39.9 Å². The zero-order chi connectivity index (χ0) is 38.7. The van der Waals surface area contributed by atoms with Gasteiger partial charge in [-0.3, -0.25) is 24.8 Å². The Morgan fingerprint density at radius 1 is 1.11 bits per heavy atom. The number of hydrazine groups is 1. The molecule has 2 fully saturated rings. The molecule has 1 saturated carbocycles. The van der Waals surface area contributed by atoms with Gasteiger partial charge in [0, 0.05) is 90.4 Å². The van der Waals surface area contributed by atoms with Gasteiger partial charge in [-0.2, -0.15) is 0 Å². The number of methoxy groups -OCH3 is 2. The van der Waals surface area contributed by atoms with Gasteiger partial charge in [0.15, 0.2) is 5.60 Å². The van der Waals surface area contributed by atoms with Crippen LogP contribution >= 0.6 is 0 Å². The van der Waals surface area contributed by atoms with Crippen molar-refractivity contribution in [3.05, 3.63) is 82.6 Å². The Bertz CT molecular complexity index is 2150. The van der Waals surface area contributed by atoms with E-state index in [-0.39, 0.29) is 17.9 Å². The summed E-state index contributed by atoms with van der Waals surface area (Å²) in [7, 11) is 4.98. The number of aliphatic hydroxyl groups excluding tert-OH is 1. The van der Waals surface area contributed by atoms with Crippen LogP contribution in [0, 0.1) is 11.3 Å². The van der Waals surface area contributed by atoms with Gasteiger partial charge < -0.3 is 29.6 Å². The molecule has 9 atom stereocenters. The van der Waals surface area contributed by atoms with E-state index in [4.69, 9.17) is 15.3 Å². The van der Waals surface area contributed by atoms with Gasteiger partial charge in [-0.1, -0.05) is 55.8 Å². The van der Waals surface area contributed by atoms with E-state index in [1.807, 2.05) is 37.1 Å². The number of nitrogens with one attached hydrogen (secondary N) is 2. The number of ether oxygens (including phenoxy) is 2. The third-order valence-electron chi connectivity index (χ3n) is 14.8. The molecule has 9 rings (SSSR count). The van der Waals surface area contributed by atoms with Crippen LogP contribution in [0.2, 0.25) is 0 Å². The molecule has 6 N–H and O–H groups in total. The number of aromatic amines is 1. The molecule has 6 heterocycles. The Kier molecular flexibility index (Phi) is 8.39. The van der Waals surface area contributed by atoms with Gasteiger partial charge in [-0.05, 0) is 61.4 Å². The first-order valence-corrected chi connectivity index (χ1v) is 19.8. The third-order valence-corrected chi connectivity index (χ3v) is 14.8. The summed E-state index contributed by atoms with van der Waals surface area (Å²) in [6, 6.07) is 11.4. The average molecular weight is 751 g/mol. The molecule has 2 bridgehead atoms. The number of amides is 1. The number of H-pyrrole nitrogens is 1. The van der Waals surface area contributed by atoms with E-state index in [1.54, 1.807) is 7.11 Å². The van der Waals surface area contributed by atoms with Crippen LogP contribution in [0.5, 0.6) is 5.75 Å². The number of nitrogens with two attached hydrogens (primary N) is 1. The second kappa shape index (κ2) is 12.7. The van der Waals surface area contributed by atoms with Crippen molar-refractivity contribution in [3.63, 3.8) is 0 Å². The molecule has 12 nitrogen and oxygen atoms in total. The molecule has 55 heavy (non-hydrogen) atoms. The topological polar surface area (TPSA) is 157 Å². The standard InChI is InChI=1S/C43H54N6O6/c1-6-25-17-26-20-41(39(52)55-5,21-32-28(24-48(22-25)23-26)27-11-8-9-12-31(27)45-32)30-18-29-33(19-34(30)54-4)47(3)36-42(29)14-16-49-15-10-13-40(7-2,35(42)49)37(50)43(36,53)38(51)46-44/h8-13,17-19,26,35-37,45,50,53H,6-7,14-16,20-24,44H2,1-5H3,(H,46,51)/t26-,35-,36+,37+,40+,41?,42+,43-/m0/s1. The highest BCUT2D eigenvalue weighted by atomic mass is 16.5. The number of hydrogen-bond donors (Lipinski definition) is 5. The molecule has 1 aliphatic carbocycles. The number of rotatable bonds is 6. The fourth-order valence-corrected chi connectivity index (χ4v) is 12.7. The number of carbonyl (C=O) groups is 2. The fraction of sp³-hybridized carbons (Fsp3) is 0.535. The number of hydrogen-bond acceptors (Lipinski definition) is 10. The largest absolute Gasteiger partial charge is 0.496 e. The first-order chi connectivity index (χ1) is 26.5. The lowest BCUT2D eigenvalue weighted by atomic mass is 9.47. The van der Waals surface area contributed by atoms with Crippen LogP contribution in [0.1, 0.15) is 61.9 Å². The normalized spacial score (nSPS) is 36.1. The summed E-state index contributed by atoms with van der Waals surface area (Å²) in [6.45, 7) is 8.04. The van der Waals surface area contributed by atoms with Gasteiger partial charge in [-0.15, -0.1) is 0 Å². The van der Waals surface area contributed by atoms with Crippen molar-refractivity contribution < 1.29 is 29.3 Å². The zero-order valence-electron chi connectivity index (χ0n) is 32.5. The van der Waals surface area contributed by atoms with Crippen molar-refractivity contribution in [1.29, 1.82) is 0 Å². The first kappa shape index (κ1) is 36.4. The molecule has 0 radical (unpaired) electrons. The lowest BCUT2D eigenvalue weighted by Gasteiger charge is -2.63. The van der Waals surface area contributed by atoms with Crippen molar-refractivity contribution in [1.82, 2.24) is 20.2 Å². The second-order valence-corrected chi connectivity index (χ2v) is 17.0. The lowest BCUT2D eigenvalue weighted by Crippen LogP contribution is -2.82. The molecule has 3 aromatic rings. The van der Waals surface area contributed by atoms with Crippen molar-refractivity contribution in [3.8, 4) is 5.75 Å². The summed E-state index contributed by atoms with van der Waals surface area (Å²) >= 11 is 0. The molecule has 292 valence electrons. The minimum absolute atomic E-state index is 0.0611. The number of likely N-dealkylation sites (N-methyl/N-ethyl adjacent to an activating group) is 1. The number of fused-ring (bicyclic) bond motifs is 6. The smallest absolute Gasteiger partial charge is 0.316 e. The Labute approximate surface area is 322 Å². The quantitative estimate of drug-likeness (QED) is 0.0834. The van der Waals surface area contributed by atoms with Crippen LogP contribution < -0.4 is 20.9 Å². The number of anilines is 1. The van der Waals surface area contributed by atoms with E-state index in [1.165, 1.54) is 18.2 Å². The van der Waals surface area contributed by atoms with Gasteiger partial charge in [0.25, 0.3) is 5.91 Å². The number of aromatic nitrogens is 1. The highest BCUT2D eigenvalue weighted by molar-refractivity contribution is 5.91. The molecule has 1 spiro atoms. The van der Waals surface area contributed by atoms with E-state index in [0.717, 1.165) is 59.5 Å². The highest BCUT2D eigenvalue weighted by Crippen LogP contribution is 2.67. The molecule has 5 aliphatic heterocycles. The maximum atomic E-state index is 15.0. The lowest BCUT2D eigenvalue weighted by molar-refractivity contribution is -0.203. The van der Waals surface area contributed by atoms with Crippen LogP contribution in [0.25, 0.3) is 10.9 Å². The molecular weight excluding hydrogens is 697 g/mol. The predicted octanol–water partition coefficient (Wildman–Crippen LogP) is 3.19. The second-order valence-electron chi connectivity index (χ2n) is 17.0. The molecule has 12 heteroatoms. The van der Waals surface area contributed by atoms with Crippen molar-refractivity contribution >= 4 is 28.5 Å². The van der Waals surface area contributed by atoms with Gasteiger partial charge in [-0.25, -0.2) is 5.84 Å². The predicted molar refractivity (Wildman–Crippen MR) is 209 cm³/mol. The van der Waals surface area contributed by atoms with E-state index in [9.17, 15) is 19.8 Å². The van der Waals surface area contributed by atoms with E-state index >= 15 is 0 Å². The van der Waals surface area contributed by atoms with Gasteiger partial charge >= 0.3 is 5.97 Å². The van der Waals surface area contributed by atoms with Crippen LogP contribution in [-0.2, 0) is 38.1 Å². The average Bonchev–Trinajstić information content (AvgIpc) is 3.85. The van der Waals surface area contributed by atoms with Crippen LogP contribution in [0.4, 0.5) is 5.69 Å². The maximum absolute atomic E-state index is 15.0. The van der Waals surface area contributed by atoms with Gasteiger partial charge in [0.05, 0.1) is 20.3 Å². The Morgan fingerprint density at radius 2 is 1.91 bits per heavy atom. The van der Waals surface area contributed by atoms with Crippen LogP contribution in [-0.4, -0.2) is 108 Å². The van der Waals surface area contributed by atoms with Crippen LogP contribution in [0.15, 0.2) is 60.2 Å². The SMILES string of the molecule is CCC1=C[C@@H]2CN(C1)Cc1c([nH]c3ccccc13)CC(C(=O)OC)(c1cc3c(cc1OC)N(C)[C@H]1[C@@](O)(C(=O)NN)[C@H](O)[C@]4(CC)C=CCN5CC[C@]31[C@@H]54)C2.